The van der Waals surface area contributed by atoms with Crippen molar-refractivity contribution in [2.75, 3.05) is 5.32 Å². The smallest absolute Gasteiger partial charge is 0.332 e. The highest BCUT2D eigenvalue weighted by atomic mass is 16.5. The molecule has 1 aromatic carbocycles. The van der Waals surface area contributed by atoms with Gasteiger partial charge in [0.1, 0.15) is 6.10 Å². The standard InChI is InChI=1S/C15H15N3O4/c19-14(12-5-6-13(22-12)15(20)21)17-10-3-1-4-11(9-10)18-8-2-7-16-18/h1-4,7-9,12-13H,5-6H2,(H,17,19)(H,20,21)/t12-,13+/m0/s1. The Labute approximate surface area is 126 Å². The molecule has 1 aliphatic heterocycles. The van der Waals surface area contributed by atoms with Crippen LogP contribution in [0.3, 0.4) is 0 Å². The number of hydrogen-bond donors (Lipinski definition) is 2. The molecule has 2 aromatic rings. The van der Waals surface area contributed by atoms with E-state index < -0.39 is 18.2 Å². The Bertz CT molecular complexity index is 684. The van der Waals surface area contributed by atoms with Crippen LogP contribution < -0.4 is 5.32 Å². The van der Waals surface area contributed by atoms with E-state index in [-0.39, 0.29) is 5.91 Å². The Morgan fingerprint density at radius 3 is 2.77 bits per heavy atom. The quantitative estimate of drug-likeness (QED) is 0.891. The molecule has 2 N–H and O–H groups in total. The number of nitrogens with one attached hydrogen (secondary N) is 1. The van der Waals surface area contributed by atoms with Crippen molar-refractivity contribution in [1.29, 1.82) is 0 Å². The first kappa shape index (κ1) is 14.3. The van der Waals surface area contributed by atoms with Gasteiger partial charge in [0, 0.05) is 18.1 Å². The third-order valence-electron chi connectivity index (χ3n) is 3.47. The monoisotopic (exact) mass is 301 g/mol. The van der Waals surface area contributed by atoms with Gasteiger partial charge in [-0.2, -0.15) is 5.10 Å². The molecule has 114 valence electrons. The summed E-state index contributed by atoms with van der Waals surface area (Å²) in [4.78, 5) is 23.0. The molecule has 7 nitrogen and oxygen atoms in total. The minimum absolute atomic E-state index is 0.332. The number of carbonyl (C=O) groups excluding carboxylic acids is 1. The van der Waals surface area contributed by atoms with Crippen molar-refractivity contribution in [3.8, 4) is 5.69 Å². The Morgan fingerprint density at radius 2 is 2.09 bits per heavy atom. The summed E-state index contributed by atoms with van der Waals surface area (Å²) in [5, 5.41) is 15.8. The molecule has 0 spiro atoms. The lowest BCUT2D eigenvalue weighted by molar-refractivity contribution is -0.150. The lowest BCUT2D eigenvalue weighted by Gasteiger charge is -2.12. The van der Waals surface area contributed by atoms with Crippen LogP contribution in [0.15, 0.2) is 42.7 Å². The highest BCUT2D eigenvalue weighted by Gasteiger charge is 2.34. The van der Waals surface area contributed by atoms with E-state index >= 15 is 0 Å². The topological polar surface area (TPSA) is 93.5 Å². The lowest BCUT2D eigenvalue weighted by Crippen LogP contribution is -2.29. The molecule has 0 aliphatic carbocycles. The molecule has 22 heavy (non-hydrogen) atoms. The zero-order valence-corrected chi connectivity index (χ0v) is 11.7. The molecule has 1 saturated heterocycles. The number of aliphatic carboxylic acids is 1. The van der Waals surface area contributed by atoms with Crippen molar-refractivity contribution < 1.29 is 19.4 Å². The van der Waals surface area contributed by atoms with Crippen LogP contribution in [0.2, 0.25) is 0 Å². The Hall–Kier alpha value is -2.67. The van der Waals surface area contributed by atoms with E-state index in [0.717, 1.165) is 5.69 Å². The first-order valence-electron chi connectivity index (χ1n) is 6.93. The predicted octanol–water partition coefficient (Wildman–Crippen LogP) is 1.44. The Kier molecular flexibility index (Phi) is 3.88. The number of carbonyl (C=O) groups is 2. The van der Waals surface area contributed by atoms with Gasteiger partial charge in [0.15, 0.2) is 6.10 Å². The van der Waals surface area contributed by atoms with Gasteiger partial charge in [-0.15, -0.1) is 0 Å². The van der Waals surface area contributed by atoms with Gasteiger partial charge in [0.05, 0.1) is 5.69 Å². The number of rotatable bonds is 4. The third-order valence-corrected chi connectivity index (χ3v) is 3.47. The number of ether oxygens (including phenoxy) is 1. The fourth-order valence-electron chi connectivity index (χ4n) is 2.38. The minimum Gasteiger partial charge on any atom is -0.479 e. The zero-order chi connectivity index (χ0) is 15.5. The minimum atomic E-state index is -1.03. The van der Waals surface area contributed by atoms with Crippen LogP contribution in [0.5, 0.6) is 0 Å². The van der Waals surface area contributed by atoms with E-state index in [1.807, 2.05) is 18.2 Å². The summed E-state index contributed by atoms with van der Waals surface area (Å²) < 4.78 is 6.91. The molecule has 2 heterocycles. The maximum absolute atomic E-state index is 12.1. The van der Waals surface area contributed by atoms with E-state index in [4.69, 9.17) is 9.84 Å². The predicted molar refractivity (Wildman–Crippen MR) is 77.7 cm³/mol. The summed E-state index contributed by atoms with van der Waals surface area (Å²) in [5.74, 6) is -1.36. The molecular weight excluding hydrogens is 286 g/mol. The second-order valence-corrected chi connectivity index (χ2v) is 5.02. The van der Waals surface area contributed by atoms with Crippen LogP contribution in [-0.4, -0.2) is 39.0 Å². The average molecular weight is 301 g/mol. The van der Waals surface area contributed by atoms with Gasteiger partial charge in [-0.1, -0.05) is 6.07 Å². The van der Waals surface area contributed by atoms with Crippen molar-refractivity contribution >= 4 is 17.6 Å². The molecule has 0 unspecified atom stereocenters. The van der Waals surface area contributed by atoms with E-state index in [0.29, 0.717) is 18.5 Å². The fourth-order valence-corrected chi connectivity index (χ4v) is 2.38. The molecule has 1 amide bonds. The van der Waals surface area contributed by atoms with E-state index in [1.165, 1.54) is 0 Å². The summed E-state index contributed by atoms with van der Waals surface area (Å²) in [5.41, 5.74) is 1.43. The van der Waals surface area contributed by atoms with Crippen LogP contribution in [0.1, 0.15) is 12.8 Å². The highest BCUT2D eigenvalue weighted by molar-refractivity contribution is 5.95. The molecular formula is C15H15N3O4. The van der Waals surface area contributed by atoms with Crippen LogP contribution in [0, 0.1) is 0 Å². The summed E-state index contributed by atoms with van der Waals surface area (Å²) in [6.07, 6.45) is 2.60. The number of amides is 1. The van der Waals surface area contributed by atoms with Gasteiger partial charge >= 0.3 is 5.97 Å². The maximum Gasteiger partial charge on any atom is 0.332 e. The number of benzene rings is 1. The molecule has 1 aromatic heterocycles. The average Bonchev–Trinajstić information content (AvgIpc) is 3.19. The molecule has 1 fully saturated rings. The number of carboxylic acid groups (broad SMARTS) is 1. The molecule has 0 saturated carbocycles. The second-order valence-electron chi connectivity index (χ2n) is 5.02. The Morgan fingerprint density at radius 1 is 1.27 bits per heavy atom. The number of anilines is 1. The third kappa shape index (κ3) is 2.99. The molecule has 0 bridgehead atoms. The zero-order valence-electron chi connectivity index (χ0n) is 11.7. The maximum atomic E-state index is 12.1. The van der Waals surface area contributed by atoms with Crippen LogP contribution >= 0.6 is 0 Å². The SMILES string of the molecule is O=C(Nc1cccc(-n2cccn2)c1)[C@@H]1CC[C@H](C(=O)O)O1. The van der Waals surface area contributed by atoms with Gasteiger partial charge < -0.3 is 15.2 Å². The van der Waals surface area contributed by atoms with Crippen molar-refractivity contribution in [3.05, 3.63) is 42.7 Å². The molecule has 7 heteroatoms. The number of nitrogens with zero attached hydrogens (tertiary/aromatic N) is 2. The summed E-state index contributed by atoms with van der Waals surface area (Å²) in [6.45, 7) is 0. The van der Waals surface area contributed by atoms with Crippen molar-refractivity contribution in [3.63, 3.8) is 0 Å². The second kappa shape index (κ2) is 5.98. The van der Waals surface area contributed by atoms with Crippen molar-refractivity contribution in [1.82, 2.24) is 9.78 Å². The van der Waals surface area contributed by atoms with Gasteiger partial charge in [0.2, 0.25) is 0 Å². The van der Waals surface area contributed by atoms with Crippen LogP contribution in [-0.2, 0) is 14.3 Å². The first-order valence-corrected chi connectivity index (χ1v) is 6.93. The van der Waals surface area contributed by atoms with Gasteiger partial charge in [-0.25, -0.2) is 9.48 Å². The molecule has 3 rings (SSSR count). The van der Waals surface area contributed by atoms with Crippen LogP contribution in [0.25, 0.3) is 5.69 Å². The first-order chi connectivity index (χ1) is 10.6. The largest absolute Gasteiger partial charge is 0.479 e. The van der Waals surface area contributed by atoms with Crippen molar-refractivity contribution in [2.45, 2.75) is 25.0 Å². The molecule has 2 atom stereocenters. The normalized spacial score (nSPS) is 20.7. The van der Waals surface area contributed by atoms with Gasteiger partial charge in [-0.3, -0.25) is 4.79 Å². The van der Waals surface area contributed by atoms with Crippen LogP contribution in [0.4, 0.5) is 5.69 Å². The molecule has 1 aliphatic rings. The van der Waals surface area contributed by atoms with Crippen molar-refractivity contribution in [2.24, 2.45) is 0 Å². The fraction of sp³-hybridized carbons (Fsp3) is 0.267. The number of hydrogen-bond acceptors (Lipinski definition) is 4. The van der Waals surface area contributed by atoms with E-state index in [9.17, 15) is 9.59 Å². The summed E-state index contributed by atoms with van der Waals surface area (Å²) in [6, 6.07) is 9.03. The van der Waals surface area contributed by atoms with Gasteiger partial charge in [0.25, 0.3) is 5.91 Å². The summed E-state index contributed by atoms with van der Waals surface area (Å²) in [7, 11) is 0. The van der Waals surface area contributed by atoms with E-state index in [1.54, 1.807) is 29.2 Å². The molecule has 0 radical (unpaired) electrons. The Balaban J connectivity index is 1.67. The summed E-state index contributed by atoms with van der Waals surface area (Å²) >= 11 is 0. The van der Waals surface area contributed by atoms with Gasteiger partial charge in [-0.05, 0) is 37.1 Å². The number of aromatic nitrogens is 2. The lowest BCUT2D eigenvalue weighted by atomic mass is 10.2. The highest BCUT2D eigenvalue weighted by Crippen LogP contribution is 2.22. The number of carboxylic acids is 1. The van der Waals surface area contributed by atoms with E-state index in [2.05, 4.69) is 10.4 Å².